The van der Waals surface area contributed by atoms with Crippen LogP contribution in [0.25, 0.3) is 0 Å². The lowest BCUT2D eigenvalue weighted by Gasteiger charge is -2.11. The Morgan fingerprint density at radius 1 is 1.50 bits per heavy atom. The van der Waals surface area contributed by atoms with Crippen LogP contribution in [0.4, 0.5) is 0 Å². The standard InChI is InChI=1S/C13H17NO2/c1-3-16-11-5-4-10(8-9(11)2)12(15)13(14)6-7-13/h4-5,8H,3,6-7,14H2,1-2H3. The van der Waals surface area contributed by atoms with Crippen LogP contribution in [0.3, 0.4) is 0 Å². The molecule has 0 radical (unpaired) electrons. The van der Waals surface area contributed by atoms with Gasteiger partial charge < -0.3 is 10.5 Å². The van der Waals surface area contributed by atoms with Gasteiger partial charge in [-0.1, -0.05) is 0 Å². The molecule has 0 aliphatic heterocycles. The summed E-state index contributed by atoms with van der Waals surface area (Å²) in [6.07, 6.45) is 1.61. The number of Topliss-reactive ketones (excluding diaryl/α,β-unsaturated/α-hetero) is 1. The summed E-state index contributed by atoms with van der Waals surface area (Å²) in [5.41, 5.74) is 6.98. The van der Waals surface area contributed by atoms with Gasteiger partial charge >= 0.3 is 0 Å². The molecule has 1 aliphatic carbocycles. The van der Waals surface area contributed by atoms with E-state index in [1.165, 1.54) is 0 Å². The highest BCUT2D eigenvalue weighted by atomic mass is 16.5. The fraction of sp³-hybridized carbons (Fsp3) is 0.462. The highest BCUT2D eigenvalue weighted by molar-refractivity contribution is 6.05. The minimum absolute atomic E-state index is 0.0543. The molecule has 16 heavy (non-hydrogen) atoms. The molecule has 1 fully saturated rings. The van der Waals surface area contributed by atoms with Crippen molar-refractivity contribution in [2.75, 3.05) is 6.61 Å². The lowest BCUT2D eigenvalue weighted by atomic mass is 10.0. The molecular formula is C13H17NO2. The van der Waals surface area contributed by atoms with Gasteiger partial charge in [0, 0.05) is 5.56 Å². The van der Waals surface area contributed by atoms with Crippen molar-refractivity contribution in [3.63, 3.8) is 0 Å². The number of aryl methyl sites for hydroxylation is 1. The first-order chi connectivity index (χ1) is 7.57. The summed E-state index contributed by atoms with van der Waals surface area (Å²) in [6.45, 7) is 4.52. The fourth-order valence-electron chi connectivity index (χ4n) is 1.76. The second-order valence-corrected chi connectivity index (χ2v) is 4.40. The zero-order valence-electron chi connectivity index (χ0n) is 9.75. The van der Waals surface area contributed by atoms with E-state index in [9.17, 15) is 4.79 Å². The molecule has 3 heteroatoms. The van der Waals surface area contributed by atoms with Crippen molar-refractivity contribution in [1.82, 2.24) is 0 Å². The van der Waals surface area contributed by atoms with Crippen LogP contribution in [0.5, 0.6) is 5.75 Å². The van der Waals surface area contributed by atoms with Gasteiger partial charge in [0.25, 0.3) is 0 Å². The molecule has 0 saturated heterocycles. The molecule has 0 spiro atoms. The van der Waals surface area contributed by atoms with E-state index in [0.717, 1.165) is 24.2 Å². The second kappa shape index (κ2) is 3.91. The Morgan fingerprint density at radius 2 is 2.19 bits per heavy atom. The van der Waals surface area contributed by atoms with Crippen molar-refractivity contribution in [1.29, 1.82) is 0 Å². The summed E-state index contributed by atoms with van der Waals surface area (Å²) in [4.78, 5) is 12.0. The first kappa shape index (κ1) is 11.1. The van der Waals surface area contributed by atoms with Gasteiger partial charge in [0.2, 0.25) is 0 Å². The number of ether oxygens (including phenoxy) is 1. The zero-order chi connectivity index (χ0) is 11.8. The summed E-state index contributed by atoms with van der Waals surface area (Å²) >= 11 is 0. The minimum atomic E-state index is -0.584. The van der Waals surface area contributed by atoms with Crippen LogP contribution in [0.2, 0.25) is 0 Å². The van der Waals surface area contributed by atoms with Crippen LogP contribution in [0.1, 0.15) is 35.7 Å². The highest BCUT2D eigenvalue weighted by Gasteiger charge is 2.45. The molecule has 0 bridgehead atoms. The molecule has 1 aliphatic rings. The Kier molecular flexibility index (Phi) is 2.72. The predicted octanol–water partition coefficient (Wildman–Crippen LogP) is 2.07. The maximum Gasteiger partial charge on any atom is 0.182 e. The van der Waals surface area contributed by atoms with E-state index in [1.54, 1.807) is 6.07 Å². The van der Waals surface area contributed by atoms with Crippen LogP contribution in [-0.2, 0) is 0 Å². The molecule has 1 saturated carbocycles. The first-order valence-corrected chi connectivity index (χ1v) is 5.64. The third-order valence-electron chi connectivity index (χ3n) is 2.98. The quantitative estimate of drug-likeness (QED) is 0.789. The molecule has 3 nitrogen and oxygen atoms in total. The second-order valence-electron chi connectivity index (χ2n) is 4.40. The van der Waals surface area contributed by atoms with Crippen molar-refractivity contribution >= 4 is 5.78 Å². The molecular weight excluding hydrogens is 202 g/mol. The average Bonchev–Trinajstić information content (AvgIpc) is 3.00. The Balaban J connectivity index is 2.24. The smallest absolute Gasteiger partial charge is 0.182 e. The average molecular weight is 219 g/mol. The summed E-state index contributed by atoms with van der Waals surface area (Å²) in [7, 11) is 0. The van der Waals surface area contributed by atoms with E-state index in [0.29, 0.717) is 12.2 Å². The number of hydrogen-bond acceptors (Lipinski definition) is 3. The molecule has 0 heterocycles. The van der Waals surface area contributed by atoms with Crippen LogP contribution in [-0.4, -0.2) is 17.9 Å². The van der Waals surface area contributed by atoms with Gasteiger partial charge in [-0.25, -0.2) is 0 Å². The van der Waals surface area contributed by atoms with E-state index < -0.39 is 5.54 Å². The van der Waals surface area contributed by atoms with Crippen LogP contribution >= 0.6 is 0 Å². The van der Waals surface area contributed by atoms with E-state index in [2.05, 4.69) is 0 Å². The highest BCUT2D eigenvalue weighted by Crippen LogP contribution is 2.36. The molecule has 1 aromatic rings. The molecule has 2 rings (SSSR count). The van der Waals surface area contributed by atoms with E-state index in [-0.39, 0.29) is 5.78 Å². The topological polar surface area (TPSA) is 52.3 Å². The van der Waals surface area contributed by atoms with Gasteiger partial charge in [-0.2, -0.15) is 0 Å². The van der Waals surface area contributed by atoms with E-state index in [4.69, 9.17) is 10.5 Å². The summed E-state index contributed by atoms with van der Waals surface area (Å²) in [6, 6.07) is 5.51. The van der Waals surface area contributed by atoms with Crippen molar-refractivity contribution in [3.05, 3.63) is 29.3 Å². The molecule has 2 N–H and O–H groups in total. The van der Waals surface area contributed by atoms with Crippen LogP contribution in [0, 0.1) is 6.92 Å². The Morgan fingerprint density at radius 3 is 2.69 bits per heavy atom. The van der Waals surface area contributed by atoms with Crippen molar-refractivity contribution in [3.8, 4) is 5.75 Å². The van der Waals surface area contributed by atoms with Crippen LogP contribution < -0.4 is 10.5 Å². The van der Waals surface area contributed by atoms with Gasteiger partial charge in [-0.15, -0.1) is 0 Å². The monoisotopic (exact) mass is 219 g/mol. The molecule has 0 unspecified atom stereocenters. The van der Waals surface area contributed by atoms with E-state index >= 15 is 0 Å². The molecule has 0 amide bonds. The largest absolute Gasteiger partial charge is 0.494 e. The first-order valence-electron chi connectivity index (χ1n) is 5.64. The molecule has 1 aromatic carbocycles. The lowest BCUT2D eigenvalue weighted by Crippen LogP contribution is -2.32. The van der Waals surface area contributed by atoms with Gasteiger partial charge in [0.15, 0.2) is 5.78 Å². The van der Waals surface area contributed by atoms with Crippen molar-refractivity contribution in [2.45, 2.75) is 32.2 Å². The lowest BCUT2D eigenvalue weighted by molar-refractivity contribution is 0.0949. The normalized spacial score (nSPS) is 16.9. The SMILES string of the molecule is CCOc1ccc(C(=O)C2(N)CC2)cc1C. The molecule has 0 aromatic heterocycles. The summed E-state index contributed by atoms with van der Waals surface area (Å²) < 4.78 is 5.43. The van der Waals surface area contributed by atoms with Gasteiger partial charge in [0.1, 0.15) is 5.75 Å². The van der Waals surface area contributed by atoms with Crippen molar-refractivity contribution < 1.29 is 9.53 Å². The maximum atomic E-state index is 12.0. The Bertz CT molecular complexity index is 422. The minimum Gasteiger partial charge on any atom is -0.494 e. The Labute approximate surface area is 95.6 Å². The fourth-order valence-corrected chi connectivity index (χ4v) is 1.76. The van der Waals surface area contributed by atoms with Crippen molar-refractivity contribution in [2.24, 2.45) is 5.73 Å². The Hall–Kier alpha value is -1.35. The number of benzene rings is 1. The number of hydrogen-bond donors (Lipinski definition) is 1. The van der Waals surface area contributed by atoms with Gasteiger partial charge in [-0.05, 0) is 50.5 Å². The van der Waals surface area contributed by atoms with Gasteiger partial charge in [-0.3, -0.25) is 4.79 Å². The third-order valence-corrected chi connectivity index (χ3v) is 2.98. The molecule has 86 valence electrons. The maximum absolute atomic E-state index is 12.0. The number of carbonyl (C=O) groups excluding carboxylic acids is 1. The number of rotatable bonds is 4. The zero-order valence-corrected chi connectivity index (χ0v) is 9.75. The summed E-state index contributed by atoms with van der Waals surface area (Å²) in [5, 5.41) is 0. The van der Waals surface area contributed by atoms with Gasteiger partial charge in [0.05, 0.1) is 12.1 Å². The van der Waals surface area contributed by atoms with Crippen LogP contribution in [0.15, 0.2) is 18.2 Å². The molecule has 0 atom stereocenters. The van der Waals surface area contributed by atoms with E-state index in [1.807, 2.05) is 26.0 Å². The number of ketones is 1. The number of nitrogens with two attached hydrogens (primary N) is 1. The summed E-state index contributed by atoms with van der Waals surface area (Å²) in [5.74, 6) is 0.888. The third kappa shape index (κ3) is 1.95. The predicted molar refractivity (Wildman–Crippen MR) is 62.8 cm³/mol. The number of carbonyl (C=O) groups is 1.